The number of ether oxygens (including phenoxy) is 2. The van der Waals surface area contributed by atoms with Crippen LogP contribution in [0, 0.1) is 5.92 Å². The third kappa shape index (κ3) is 17.6. The van der Waals surface area contributed by atoms with Gasteiger partial charge in [-0.15, -0.1) is 0 Å². The molecule has 4 heteroatoms. The summed E-state index contributed by atoms with van der Waals surface area (Å²) < 4.78 is 10.4. The lowest BCUT2D eigenvalue weighted by Crippen LogP contribution is -2.12. The lowest BCUT2D eigenvalue weighted by Gasteiger charge is -2.10. The predicted octanol–water partition coefficient (Wildman–Crippen LogP) is 5.82. The maximum atomic E-state index is 11.6. The van der Waals surface area contributed by atoms with Gasteiger partial charge in [0, 0.05) is 12.8 Å². The van der Waals surface area contributed by atoms with Crippen molar-refractivity contribution >= 4 is 11.9 Å². The third-order valence-corrected chi connectivity index (χ3v) is 4.33. The van der Waals surface area contributed by atoms with E-state index in [1.165, 1.54) is 38.5 Å². The molecule has 0 radical (unpaired) electrons. The Morgan fingerprint density at radius 2 is 1.28 bits per heavy atom. The molecule has 4 nitrogen and oxygen atoms in total. The zero-order chi connectivity index (χ0) is 18.8. The van der Waals surface area contributed by atoms with Gasteiger partial charge in [-0.05, 0) is 25.2 Å². The second-order valence-corrected chi connectivity index (χ2v) is 7.13. The molecule has 0 saturated heterocycles. The van der Waals surface area contributed by atoms with E-state index < -0.39 is 0 Å². The predicted molar refractivity (Wildman–Crippen MR) is 102 cm³/mol. The molecule has 0 aliphatic carbocycles. The van der Waals surface area contributed by atoms with Crippen LogP contribution in [0.4, 0.5) is 0 Å². The Hall–Kier alpha value is -1.06. The summed E-state index contributed by atoms with van der Waals surface area (Å²) in [4.78, 5) is 23.2. The van der Waals surface area contributed by atoms with E-state index >= 15 is 0 Å². The van der Waals surface area contributed by atoms with Gasteiger partial charge in [0.2, 0.25) is 0 Å². The minimum absolute atomic E-state index is 0.199. The standard InChI is InChI=1S/C21H40O4/c1-4-6-7-8-9-10-11-12-17-24-20(22)15-13-16-21(23)25-18-19(3)14-5-2/h19H,4-18H2,1-3H3. The highest BCUT2D eigenvalue weighted by atomic mass is 16.5. The average molecular weight is 357 g/mol. The maximum Gasteiger partial charge on any atom is 0.305 e. The molecule has 0 saturated carbocycles. The summed E-state index contributed by atoms with van der Waals surface area (Å²) in [6.07, 6.45) is 13.1. The van der Waals surface area contributed by atoms with E-state index in [0.29, 0.717) is 38.4 Å². The van der Waals surface area contributed by atoms with E-state index in [1.807, 2.05) is 0 Å². The van der Waals surface area contributed by atoms with Crippen molar-refractivity contribution in [3.05, 3.63) is 0 Å². The summed E-state index contributed by atoms with van der Waals surface area (Å²) in [6, 6.07) is 0. The maximum absolute atomic E-state index is 11.6. The molecule has 1 atom stereocenters. The molecule has 0 bridgehead atoms. The van der Waals surface area contributed by atoms with Crippen molar-refractivity contribution in [1.29, 1.82) is 0 Å². The number of hydrogen-bond donors (Lipinski definition) is 0. The molecule has 0 amide bonds. The van der Waals surface area contributed by atoms with Gasteiger partial charge in [0.05, 0.1) is 13.2 Å². The van der Waals surface area contributed by atoms with Gasteiger partial charge >= 0.3 is 11.9 Å². The van der Waals surface area contributed by atoms with Crippen molar-refractivity contribution in [3.63, 3.8) is 0 Å². The van der Waals surface area contributed by atoms with Gasteiger partial charge in [-0.2, -0.15) is 0 Å². The van der Waals surface area contributed by atoms with Crippen molar-refractivity contribution in [1.82, 2.24) is 0 Å². The van der Waals surface area contributed by atoms with Gasteiger partial charge in [0.15, 0.2) is 0 Å². The normalized spacial score (nSPS) is 12.0. The molecule has 0 N–H and O–H groups in total. The Morgan fingerprint density at radius 1 is 0.720 bits per heavy atom. The van der Waals surface area contributed by atoms with E-state index in [9.17, 15) is 9.59 Å². The summed E-state index contributed by atoms with van der Waals surface area (Å²) in [7, 11) is 0. The Morgan fingerprint density at radius 3 is 1.88 bits per heavy atom. The van der Waals surface area contributed by atoms with E-state index in [-0.39, 0.29) is 11.9 Å². The summed E-state index contributed by atoms with van der Waals surface area (Å²) in [5.41, 5.74) is 0. The quantitative estimate of drug-likeness (QED) is 0.243. The summed E-state index contributed by atoms with van der Waals surface area (Å²) in [6.45, 7) is 7.42. The Balaban J connectivity index is 3.39. The minimum Gasteiger partial charge on any atom is -0.466 e. The minimum atomic E-state index is -0.209. The van der Waals surface area contributed by atoms with Gasteiger partial charge in [0.1, 0.15) is 0 Å². The highest BCUT2D eigenvalue weighted by Crippen LogP contribution is 2.09. The molecule has 25 heavy (non-hydrogen) atoms. The molecule has 0 aliphatic rings. The second kappa shape index (κ2) is 17.8. The fourth-order valence-corrected chi connectivity index (χ4v) is 2.75. The molecular weight excluding hydrogens is 316 g/mol. The fraction of sp³-hybridized carbons (Fsp3) is 0.905. The van der Waals surface area contributed by atoms with Crippen LogP contribution in [0.2, 0.25) is 0 Å². The van der Waals surface area contributed by atoms with Crippen molar-refractivity contribution in [3.8, 4) is 0 Å². The van der Waals surface area contributed by atoms with Crippen molar-refractivity contribution in [2.24, 2.45) is 5.92 Å². The largest absolute Gasteiger partial charge is 0.466 e. The lowest BCUT2D eigenvalue weighted by atomic mass is 10.1. The first kappa shape index (κ1) is 23.9. The molecule has 0 heterocycles. The van der Waals surface area contributed by atoms with Crippen molar-refractivity contribution in [2.75, 3.05) is 13.2 Å². The van der Waals surface area contributed by atoms with Gasteiger partial charge in [-0.1, -0.05) is 72.1 Å². The lowest BCUT2D eigenvalue weighted by molar-refractivity contribution is -0.146. The molecule has 0 aromatic rings. The Bertz CT molecular complexity index is 328. The molecule has 0 rings (SSSR count). The average Bonchev–Trinajstić information content (AvgIpc) is 2.59. The zero-order valence-corrected chi connectivity index (χ0v) is 16.8. The highest BCUT2D eigenvalue weighted by Gasteiger charge is 2.09. The van der Waals surface area contributed by atoms with E-state index in [4.69, 9.17) is 9.47 Å². The molecule has 0 aliphatic heterocycles. The zero-order valence-electron chi connectivity index (χ0n) is 16.8. The fourth-order valence-electron chi connectivity index (χ4n) is 2.75. The smallest absolute Gasteiger partial charge is 0.305 e. The molecule has 0 spiro atoms. The summed E-state index contributed by atoms with van der Waals surface area (Å²) in [5.74, 6) is -0.000479. The number of hydrogen-bond acceptors (Lipinski definition) is 4. The number of esters is 2. The number of carbonyl (C=O) groups is 2. The molecule has 148 valence electrons. The molecular formula is C21H40O4. The van der Waals surface area contributed by atoms with Crippen LogP contribution in [0.25, 0.3) is 0 Å². The van der Waals surface area contributed by atoms with Crippen molar-refractivity contribution in [2.45, 2.75) is 104 Å². The van der Waals surface area contributed by atoms with Gasteiger partial charge in [-0.3, -0.25) is 9.59 Å². The summed E-state index contributed by atoms with van der Waals surface area (Å²) in [5, 5.41) is 0. The molecule has 1 unspecified atom stereocenters. The first-order chi connectivity index (χ1) is 12.1. The van der Waals surface area contributed by atoms with Crippen LogP contribution in [0.3, 0.4) is 0 Å². The van der Waals surface area contributed by atoms with E-state index in [0.717, 1.165) is 25.7 Å². The van der Waals surface area contributed by atoms with E-state index in [2.05, 4.69) is 20.8 Å². The first-order valence-corrected chi connectivity index (χ1v) is 10.4. The first-order valence-electron chi connectivity index (χ1n) is 10.4. The van der Waals surface area contributed by atoms with Crippen LogP contribution in [0.15, 0.2) is 0 Å². The van der Waals surface area contributed by atoms with E-state index in [1.54, 1.807) is 0 Å². The third-order valence-electron chi connectivity index (χ3n) is 4.33. The molecule has 0 aromatic heterocycles. The van der Waals surface area contributed by atoms with Crippen LogP contribution in [0.5, 0.6) is 0 Å². The monoisotopic (exact) mass is 356 g/mol. The number of carbonyl (C=O) groups excluding carboxylic acids is 2. The Kier molecular flexibility index (Phi) is 17.0. The van der Waals surface area contributed by atoms with Crippen LogP contribution >= 0.6 is 0 Å². The van der Waals surface area contributed by atoms with Gasteiger partial charge < -0.3 is 9.47 Å². The van der Waals surface area contributed by atoms with Gasteiger partial charge in [0.25, 0.3) is 0 Å². The van der Waals surface area contributed by atoms with Gasteiger partial charge in [-0.25, -0.2) is 0 Å². The van der Waals surface area contributed by atoms with Crippen LogP contribution in [-0.2, 0) is 19.1 Å². The number of unbranched alkanes of at least 4 members (excludes halogenated alkanes) is 7. The highest BCUT2D eigenvalue weighted by molar-refractivity contribution is 5.72. The van der Waals surface area contributed by atoms with Crippen LogP contribution in [-0.4, -0.2) is 25.2 Å². The van der Waals surface area contributed by atoms with Crippen LogP contribution in [0.1, 0.15) is 104 Å². The molecule has 0 aromatic carbocycles. The van der Waals surface area contributed by atoms with Crippen molar-refractivity contribution < 1.29 is 19.1 Å². The Labute approximate surface area is 155 Å². The second-order valence-electron chi connectivity index (χ2n) is 7.13. The summed E-state index contributed by atoms with van der Waals surface area (Å²) >= 11 is 0. The topological polar surface area (TPSA) is 52.6 Å². The molecule has 0 fully saturated rings. The van der Waals surface area contributed by atoms with Crippen LogP contribution < -0.4 is 0 Å². The SMILES string of the molecule is CCCCCCCCCCOC(=O)CCCC(=O)OCC(C)CCC. The number of rotatable bonds is 17.